The van der Waals surface area contributed by atoms with Gasteiger partial charge >= 0.3 is 5.97 Å². The number of carboxylic acid groups (broad SMARTS) is 1. The van der Waals surface area contributed by atoms with Crippen LogP contribution in [0.5, 0.6) is 0 Å². The van der Waals surface area contributed by atoms with Gasteiger partial charge in [0.25, 0.3) is 0 Å². The highest BCUT2D eigenvalue weighted by molar-refractivity contribution is 6.30. The molecule has 2 N–H and O–H groups in total. The predicted octanol–water partition coefficient (Wildman–Crippen LogP) is 3.22. The lowest BCUT2D eigenvalue weighted by atomic mass is 10.1. The second-order valence-corrected chi connectivity index (χ2v) is 4.67. The highest BCUT2D eigenvalue weighted by atomic mass is 35.5. The van der Waals surface area contributed by atoms with E-state index in [0.717, 1.165) is 5.56 Å². The summed E-state index contributed by atoms with van der Waals surface area (Å²) < 4.78 is 0. The first-order valence-electron chi connectivity index (χ1n) is 5.92. The molecule has 0 radical (unpaired) electrons. The predicted molar refractivity (Wildman–Crippen MR) is 77.2 cm³/mol. The van der Waals surface area contributed by atoms with Gasteiger partial charge in [-0.15, -0.1) is 0 Å². The van der Waals surface area contributed by atoms with E-state index in [1.165, 1.54) is 12.1 Å². The summed E-state index contributed by atoms with van der Waals surface area (Å²) in [6, 6.07) is 13.1. The summed E-state index contributed by atoms with van der Waals surface area (Å²) in [5, 5.41) is 12.2. The summed E-state index contributed by atoms with van der Waals surface area (Å²) >= 11 is 5.77. The second-order valence-electron chi connectivity index (χ2n) is 4.24. The zero-order chi connectivity index (χ0) is 14.5. The summed E-state index contributed by atoms with van der Waals surface area (Å²) in [7, 11) is 0. The molecule has 0 unspecified atom stereocenters. The van der Waals surface area contributed by atoms with E-state index in [-0.39, 0.29) is 17.9 Å². The highest BCUT2D eigenvalue weighted by Crippen LogP contribution is 2.13. The maximum absolute atomic E-state index is 11.9. The molecule has 0 atom stereocenters. The van der Waals surface area contributed by atoms with Crippen molar-refractivity contribution in [2.75, 3.05) is 5.32 Å². The number of carbonyl (C=O) groups is 2. The van der Waals surface area contributed by atoms with E-state index in [2.05, 4.69) is 5.32 Å². The maximum atomic E-state index is 11.9. The lowest BCUT2D eigenvalue weighted by molar-refractivity contribution is -0.115. The Kier molecular flexibility index (Phi) is 4.38. The molecule has 5 heteroatoms. The van der Waals surface area contributed by atoms with Crippen LogP contribution in [0.2, 0.25) is 5.02 Å². The number of nitrogens with one attached hydrogen (secondary N) is 1. The van der Waals surface area contributed by atoms with Crippen molar-refractivity contribution in [2.45, 2.75) is 6.42 Å². The van der Waals surface area contributed by atoms with E-state index in [4.69, 9.17) is 16.7 Å². The molecule has 0 aromatic heterocycles. The number of halogens is 1. The second kappa shape index (κ2) is 6.21. The van der Waals surface area contributed by atoms with E-state index in [1.807, 2.05) is 0 Å². The van der Waals surface area contributed by atoms with Gasteiger partial charge in [-0.3, -0.25) is 4.79 Å². The van der Waals surface area contributed by atoms with E-state index < -0.39 is 5.97 Å². The van der Waals surface area contributed by atoms with Crippen LogP contribution in [0.25, 0.3) is 0 Å². The van der Waals surface area contributed by atoms with Crippen molar-refractivity contribution in [3.05, 3.63) is 64.7 Å². The number of rotatable bonds is 4. The van der Waals surface area contributed by atoms with Gasteiger partial charge in [-0.25, -0.2) is 4.79 Å². The first kappa shape index (κ1) is 14.1. The number of aromatic carboxylic acids is 1. The first-order chi connectivity index (χ1) is 9.54. The summed E-state index contributed by atoms with van der Waals surface area (Å²) in [6.07, 6.45) is 0.203. The van der Waals surface area contributed by atoms with Crippen molar-refractivity contribution < 1.29 is 14.7 Å². The Morgan fingerprint density at radius 2 is 1.80 bits per heavy atom. The van der Waals surface area contributed by atoms with Gasteiger partial charge in [-0.2, -0.15) is 0 Å². The summed E-state index contributed by atoms with van der Waals surface area (Å²) in [6.45, 7) is 0. The third kappa shape index (κ3) is 3.83. The number of hydrogen-bond donors (Lipinski definition) is 2. The minimum Gasteiger partial charge on any atom is -0.478 e. The zero-order valence-corrected chi connectivity index (χ0v) is 11.2. The standard InChI is InChI=1S/C15H12ClNO3/c16-12-6-4-10(5-7-12)8-14(18)17-13-3-1-2-11(9-13)15(19)20/h1-7,9H,8H2,(H,17,18)(H,19,20). The smallest absolute Gasteiger partial charge is 0.335 e. The van der Waals surface area contributed by atoms with Crippen LogP contribution >= 0.6 is 11.6 Å². The van der Waals surface area contributed by atoms with Gasteiger partial charge in [-0.05, 0) is 35.9 Å². The lowest BCUT2D eigenvalue weighted by Crippen LogP contribution is -2.14. The molecule has 0 saturated heterocycles. The molecule has 0 aliphatic heterocycles. The Balaban J connectivity index is 2.02. The minimum atomic E-state index is -1.03. The summed E-state index contributed by atoms with van der Waals surface area (Å²) in [4.78, 5) is 22.7. The molecule has 0 spiro atoms. The third-order valence-electron chi connectivity index (χ3n) is 2.67. The van der Waals surface area contributed by atoms with E-state index in [9.17, 15) is 9.59 Å². The van der Waals surface area contributed by atoms with Crippen LogP contribution in [0.3, 0.4) is 0 Å². The molecule has 0 aliphatic carbocycles. The first-order valence-corrected chi connectivity index (χ1v) is 6.30. The fourth-order valence-electron chi connectivity index (χ4n) is 1.72. The molecule has 0 fully saturated rings. The molecular weight excluding hydrogens is 278 g/mol. The Hall–Kier alpha value is -2.33. The molecule has 0 heterocycles. The molecule has 0 aliphatic rings. The lowest BCUT2D eigenvalue weighted by Gasteiger charge is -2.06. The number of hydrogen-bond acceptors (Lipinski definition) is 2. The molecule has 0 bridgehead atoms. The van der Waals surface area contributed by atoms with Crippen LogP contribution in [-0.2, 0) is 11.2 Å². The summed E-state index contributed by atoms with van der Waals surface area (Å²) in [5.41, 5.74) is 1.43. The molecule has 4 nitrogen and oxygen atoms in total. The number of carboxylic acids is 1. The number of benzene rings is 2. The largest absolute Gasteiger partial charge is 0.478 e. The topological polar surface area (TPSA) is 66.4 Å². The minimum absolute atomic E-state index is 0.134. The average molecular weight is 290 g/mol. The van der Waals surface area contributed by atoms with Gasteiger partial charge in [0.15, 0.2) is 0 Å². The van der Waals surface area contributed by atoms with Crippen LogP contribution < -0.4 is 5.32 Å². The molecule has 102 valence electrons. The van der Waals surface area contributed by atoms with Gasteiger partial charge < -0.3 is 10.4 Å². The van der Waals surface area contributed by atoms with Crippen LogP contribution in [0.15, 0.2) is 48.5 Å². The number of amides is 1. The van der Waals surface area contributed by atoms with Gasteiger partial charge in [-0.1, -0.05) is 29.8 Å². The molecule has 1 amide bonds. The maximum Gasteiger partial charge on any atom is 0.335 e. The van der Waals surface area contributed by atoms with Crippen LogP contribution in [0.1, 0.15) is 15.9 Å². The third-order valence-corrected chi connectivity index (χ3v) is 2.92. The Morgan fingerprint density at radius 3 is 2.45 bits per heavy atom. The normalized spacial score (nSPS) is 10.1. The van der Waals surface area contributed by atoms with Crippen molar-refractivity contribution in [2.24, 2.45) is 0 Å². The molecular formula is C15H12ClNO3. The quantitative estimate of drug-likeness (QED) is 0.908. The van der Waals surface area contributed by atoms with E-state index >= 15 is 0 Å². The Labute approximate surface area is 121 Å². The zero-order valence-electron chi connectivity index (χ0n) is 10.5. The molecule has 20 heavy (non-hydrogen) atoms. The van der Waals surface area contributed by atoms with Crippen molar-refractivity contribution in [3.8, 4) is 0 Å². The van der Waals surface area contributed by atoms with Gasteiger partial charge in [0.05, 0.1) is 12.0 Å². The van der Waals surface area contributed by atoms with Crippen LogP contribution in [-0.4, -0.2) is 17.0 Å². The summed E-state index contributed by atoms with van der Waals surface area (Å²) in [5.74, 6) is -1.24. The number of anilines is 1. The van der Waals surface area contributed by atoms with Crippen LogP contribution in [0, 0.1) is 0 Å². The fourth-order valence-corrected chi connectivity index (χ4v) is 1.85. The average Bonchev–Trinajstić information content (AvgIpc) is 2.41. The van der Waals surface area contributed by atoms with Crippen molar-refractivity contribution >= 4 is 29.2 Å². The fraction of sp³-hybridized carbons (Fsp3) is 0.0667. The molecule has 0 saturated carbocycles. The Morgan fingerprint density at radius 1 is 1.10 bits per heavy atom. The van der Waals surface area contributed by atoms with Gasteiger partial charge in [0, 0.05) is 10.7 Å². The van der Waals surface area contributed by atoms with Crippen molar-refractivity contribution in [3.63, 3.8) is 0 Å². The van der Waals surface area contributed by atoms with Crippen LogP contribution in [0.4, 0.5) is 5.69 Å². The number of carbonyl (C=O) groups excluding carboxylic acids is 1. The molecule has 2 aromatic rings. The van der Waals surface area contributed by atoms with E-state index in [0.29, 0.717) is 10.7 Å². The van der Waals surface area contributed by atoms with Crippen molar-refractivity contribution in [1.29, 1.82) is 0 Å². The van der Waals surface area contributed by atoms with Crippen molar-refractivity contribution in [1.82, 2.24) is 0 Å². The monoisotopic (exact) mass is 289 g/mol. The van der Waals surface area contributed by atoms with Gasteiger partial charge in [0.1, 0.15) is 0 Å². The van der Waals surface area contributed by atoms with Gasteiger partial charge in [0.2, 0.25) is 5.91 Å². The molecule has 2 rings (SSSR count). The Bertz CT molecular complexity index is 638. The van der Waals surface area contributed by atoms with E-state index in [1.54, 1.807) is 36.4 Å². The SMILES string of the molecule is O=C(Cc1ccc(Cl)cc1)Nc1cccc(C(=O)O)c1. The molecule has 2 aromatic carbocycles. The highest BCUT2D eigenvalue weighted by Gasteiger charge is 2.07.